The number of anilines is 1. The highest BCUT2D eigenvalue weighted by Crippen LogP contribution is 2.40. The van der Waals surface area contributed by atoms with Crippen molar-refractivity contribution in [2.75, 3.05) is 25.7 Å². The third-order valence-corrected chi connectivity index (χ3v) is 3.59. The Morgan fingerprint density at radius 1 is 1.36 bits per heavy atom. The van der Waals surface area contributed by atoms with Gasteiger partial charge in [-0.15, -0.1) is 0 Å². The van der Waals surface area contributed by atoms with Gasteiger partial charge in [-0.1, -0.05) is 5.16 Å². The fraction of sp³-hybridized carbons (Fsp3) is 0.467. The molecule has 2 rings (SSSR count). The summed E-state index contributed by atoms with van der Waals surface area (Å²) >= 11 is 0. The summed E-state index contributed by atoms with van der Waals surface area (Å²) in [5.41, 5.74) is 1.68. The highest BCUT2D eigenvalue weighted by molar-refractivity contribution is 6.11. The Bertz CT molecular complexity index is 600. The first kappa shape index (κ1) is 15.9. The van der Waals surface area contributed by atoms with Gasteiger partial charge in [0, 0.05) is 24.1 Å². The monoisotopic (exact) mass is 308 g/mol. The fourth-order valence-corrected chi connectivity index (χ4v) is 2.58. The van der Waals surface area contributed by atoms with Crippen LogP contribution in [0.15, 0.2) is 17.3 Å². The smallest absolute Gasteiger partial charge is 0.414 e. The zero-order valence-corrected chi connectivity index (χ0v) is 13.1. The third kappa shape index (κ3) is 2.66. The number of hydrogen-bond donors (Lipinski definition) is 1. The Labute approximate surface area is 129 Å². The van der Waals surface area contributed by atoms with Crippen molar-refractivity contribution in [1.29, 1.82) is 0 Å². The van der Waals surface area contributed by atoms with Crippen LogP contribution in [0.5, 0.6) is 11.5 Å². The molecule has 7 nitrogen and oxygen atoms in total. The molecule has 120 valence electrons. The van der Waals surface area contributed by atoms with Gasteiger partial charge in [0.2, 0.25) is 0 Å². The van der Waals surface area contributed by atoms with Gasteiger partial charge in [0.1, 0.15) is 0 Å². The predicted molar refractivity (Wildman–Crippen MR) is 81.4 cm³/mol. The molecule has 1 atom stereocenters. The van der Waals surface area contributed by atoms with E-state index in [1.807, 2.05) is 6.92 Å². The maximum Gasteiger partial charge on any atom is 0.414 e. The summed E-state index contributed by atoms with van der Waals surface area (Å²) in [6.45, 7) is 3.90. The Kier molecular flexibility index (Phi) is 4.75. The summed E-state index contributed by atoms with van der Waals surface area (Å²) < 4.78 is 15.7. The van der Waals surface area contributed by atoms with Gasteiger partial charge in [-0.25, -0.2) is 4.79 Å². The molecule has 0 bridgehead atoms. The molecule has 1 amide bonds. The van der Waals surface area contributed by atoms with Crippen LogP contribution in [0.2, 0.25) is 0 Å². The van der Waals surface area contributed by atoms with Crippen molar-refractivity contribution < 1.29 is 24.2 Å². The lowest BCUT2D eigenvalue weighted by Crippen LogP contribution is -2.44. The van der Waals surface area contributed by atoms with Crippen molar-refractivity contribution in [2.45, 2.75) is 26.3 Å². The number of hydrogen-bond acceptors (Lipinski definition) is 6. The molecule has 1 aliphatic rings. The van der Waals surface area contributed by atoms with Gasteiger partial charge in [-0.05, 0) is 19.9 Å². The molecule has 22 heavy (non-hydrogen) atoms. The second-order valence-electron chi connectivity index (χ2n) is 4.89. The van der Waals surface area contributed by atoms with Crippen LogP contribution in [-0.2, 0) is 4.74 Å². The first-order valence-corrected chi connectivity index (χ1v) is 7.00. The summed E-state index contributed by atoms with van der Waals surface area (Å²) in [5, 5.41) is 12.6. The summed E-state index contributed by atoms with van der Waals surface area (Å²) in [4.78, 5) is 13.8. The molecule has 0 saturated carbocycles. The Hall–Kier alpha value is -2.44. The average Bonchev–Trinajstić information content (AvgIpc) is 2.52. The van der Waals surface area contributed by atoms with E-state index >= 15 is 0 Å². The Balaban J connectivity index is 2.61. The van der Waals surface area contributed by atoms with Crippen molar-refractivity contribution >= 4 is 17.5 Å². The summed E-state index contributed by atoms with van der Waals surface area (Å²) in [5.74, 6) is 0.989. The predicted octanol–water partition coefficient (Wildman–Crippen LogP) is 2.64. The molecule has 1 aromatic carbocycles. The van der Waals surface area contributed by atoms with Crippen molar-refractivity contribution in [2.24, 2.45) is 5.16 Å². The van der Waals surface area contributed by atoms with Crippen LogP contribution >= 0.6 is 0 Å². The van der Waals surface area contributed by atoms with E-state index in [-0.39, 0.29) is 12.6 Å². The van der Waals surface area contributed by atoms with E-state index in [1.165, 1.54) is 19.1 Å². The van der Waals surface area contributed by atoms with Crippen LogP contribution in [-0.4, -0.2) is 43.9 Å². The van der Waals surface area contributed by atoms with E-state index in [0.29, 0.717) is 34.9 Å². The van der Waals surface area contributed by atoms with Crippen molar-refractivity contribution in [3.05, 3.63) is 17.7 Å². The molecule has 7 heteroatoms. The molecule has 1 N–H and O–H groups in total. The van der Waals surface area contributed by atoms with Crippen molar-refractivity contribution in [3.8, 4) is 11.5 Å². The van der Waals surface area contributed by atoms with Gasteiger partial charge >= 0.3 is 6.09 Å². The van der Waals surface area contributed by atoms with Gasteiger partial charge in [0.15, 0.2) is 11.5 Å². The second-order valence-corrected chi connectivity index (χ2v) is 4.89. The second kappa shape index (κ2) is 6.55. The number of methoxy groups -OCH3 is 2. The molecule has 0 fully saturated rings. The first-order valence-electron chi connectivity index (χ1n) is 7.00. The molecule has 1 unspecified atom stereocenters. The Morgan fingerprint density at radius 3 is 2.55 bits per heavy atom. The van der Waals surface area contributed by atoms with E-state index < -0.39 is 6.09 Å². The number of rotatable bonds is 3. The van der Waals surface area contributed by atoms with Gasteiger partial charge in [0.25, 0.3) is 0 Å². The number of benzene rings is 1. The highest BCUT2D eigenvalue weighted by atomic mass is 16.6. The number of nitrogens with zero attached hydrogens (tertiary/aromatic N) is 2. The molecule has 0 aromatic heterocycles. The number of oxime groups is 1. The molecular weight excluding hydrogens is 288 g/mol. The van der Waals surface area contributed by atoms with Gasteiger partial charge in [-0.3, -0.25) is 4.90 Å². The zero-order valence-electron chi connectivity index (χ0n) is 13.1. The number of amides is 1. The van der Waals surface area contributed by atoms with E-state index in [4.69, 9.17) is 14.2 Å². The molecule has 1 aliphatic heterocycles. The van der Waals surface area contributed by atoms with Crippen LogP contribution in [0.3, 0.4) is 0 Å². The van der Waals surface area contributed by atoms with E-state index in [9.17, 15) is 10.0 Å². The molecule has 0 aliphatic carbocycles. The molecule has 0 saturated heterocycles. The zero-order chi connectivity index (χ0) is 16.3. The number of carbonyl (C=O) groups excluding carboxylic acids is 1. The third-order valence-electron chi connectivity index (χ3n) is 3.59. The van der Waals surface area contributed by atoms with Crippen LogP contribution in [0.25, 0.3) is 0 Å². The Morgan fingerprint density at radius 2 is 2.00 bits per heavy atom. The summed E-state index contributed by atoms with van der Waals surface area (Å²) in [6.07, 6.45) is -0.0295. The summed E-state index contributed by atoms with van der Waals surface area (Å²) in [6, 6.07) is 3.18. The molecular formula is C15H20N2O5. The van der Waals surface area contributed by atoms with Crippen LogP contribution in [0.1, 0.15) is 25.8 Å². The van der Waals surface area contributed by atoms with Gasteiger partial charge in [-0.2, -0.15) is 0 Å². The normalized spacial score (nSPS) is 18.8. The highest BCUT2D eigenvalue weighted by Gasteiger charge is 2.34. The minimum Gasteiger partial charge on any atom is -0.493 e. The minimum atomic E-state index is -0.444. The van der Waals surface area contributed by atoms with Crippen LogP contribution in [0.4, 0.5) is 10.5 Å². The molecule has 0 radical (unpaired) electrons. The maximum absolute atomic E-state index is 12.2. The van der Waals surface area contributed by atoms with Gasteiger partial charge in [0.05, 0.1) is 32.2 Å². The van der Waals surface area contributed by atoms with Crippen molar-refractivity contribution in [1.82, 2.24) is 0 Å². The SMILES string of the molecule is CCOC(=O)N1c2cc(OC)c(OC)cc2/C(=N\O)CC1C. The lowest BCUT2D eigenvalue weighted by Gasteiger charge is -2.35. The maximum atomic E-state index is 12.2. The summed E-state index contributed by atoms with van der Waals surface area (Å²) in [7, 11) is 3.04. The number of fused-ring (bicyclic) bond motifs is 1. The standard InChI is InChI=1S/C15H20N2O5/c1-5-22-15(18)17-9(2)6-11(16-19)10-7-13(20-3)14(21-4)8-12(10)17/h7-9,19H,5-6H2,1-4H3/b16-11-. The first-order chi connectivity index (χ1) is 10.6. The van der Waals surface area contributed by atoms with Crippen LogP contribution < -0.4 is 14.4 Å². The van der Waals surface area contributed by atoms with E-state index in [2.05, 4.69) is 5.16 Å². The quantitative estimate of drug-likeness (QED) is 0.686. The lowest BCUT2D eigenvalue weighted by atomic mass is 9.94. The number of carbonyl (C=O) groups is 1. The number of ether oxygens (including phenoxy) is 3. The van der Waals surface area contributed by atoms with Crippen LogP contribution in [0, 0.1) is 0 Å². The van der Waals surface area contributed by atoms with E-state index in [0.717, 1.165) is 0 Å². The lowest BCUT2D eigenvalue weighted by molar-refractivity contribution is 0.157. The molecule has 0 spiro atoms. The van der Waals surface area contributed by atoms with Crippen molar-refractivity contribution in [3.63, 3.8) is 0 Å². The minimum absolute atomic E-state index is 0.199. The molecule has 1 aromatic rings. The van der Waals surface area contributed by atoms with E-state index in [1.54, 1.807) is 19.1 Å². The topological polar surface area (TPSA) is 80.6 Å². The van der Waals surface area contributed by atoms with Gasteiger partial charge < -0.3 is 19.4 Å². The largest absolute Gasteiger partial charge is 0.493 e. The average molecular weight is 308 g/mol. The molecule has 1 heterocycles. The fourth-order valence-electron chi connectivity index (χ4n) is 2.58.